The Hall–Kier alpha value is -0.550. The summed E-state index contributed by atoms with van der Waals surface area (Å²) in [7, 11) is 0. The van der Waals surface area contributed by atoms with Crippen LogP contribution in [0.5, 0.6) is 0 Å². The molecule has 0 aliphatic rings. The van der Waals surface area contributed by atoms with E-state index in [1.54, 1.807) is 18.1 Å². The number of nitrogens with zero attached hydrogens (tertiary/aromatic N) is 2. The van der Waals surface area contributed by atoms with Gasteiger partial charge in [0.25, 0.3) is 0 Å². The van der Waals surface area contributed by atoms with Crippen LogP contribution in [0.3, 0.4) is 0 Å². The highest BCUT2D eigenvalue weighted by Gasteiger charge is 2.10. The molecule has 1 heterocycles. The van der Waals surface area contributed by atoms with Gasteiger partial charge in [-0.3, -0.25) is 5.10 Å². The van der Waals surface area contributed by atoms with Crippen molar-refractivity contribution in [1.82, 2.24) is 20.5 Å². The van der Waals surface area contributed by atoms with Crippen LogP contribution in [0.1, 0.15) is 33.6 Å². The summed E-state index contributed by atoms with van der Waals surface area (Å²) in [5.41, 5.74) is 0. The molecule has 1 aromatic rings. The lowest BCUT2D eigenvalue weighted by Gasteiger charge is -2.16. The third-order valence-electron chi connectivity index (χ3n) is 2.13. The lowest BCUT2D eigenvalue weighted by atomic mass is 10.2. The highest BCUT2D eigenvalue weighted by molar-refractivity contribution is 7.99. The van der Waals surface area contributed by atoms with E-state index >= 15 is 0 Å². The lowest BCUT2D eigenvalue weighted by molar-refractivity contribution is 0.513. The Bertz CT molecular complexity index is 250. The maximum atomic E-state index is 4.10. The Labute approximate surface area is 95.6 Å². The van der Waals surface area contributed by atoms with Gasteiger partial charge in [0.05, 0.1) is 0 Å². The molecule has 0 fully saturated rings. The molecule has 2 N–H and O–H groups in total. The van der Waals surface area contributed by atoms with E-state index in [2.05, 4.69) is 41.3 Å². The van der Waals surface area contributed by atoms with Crippen LogP contribution in [0.4, 0.5) is 0 Å². The molecule has 0 aromatic carbocycles. The first-order valence-corrected chi connectivity index (χ1v) is 6.35. The summed E-state index contributed by atoms with van der Waals surface area (Å²) in [6, 6.07) is 0.565. The Morgan fingerprint density at radius 2 is 2.33 bits per heavy atom. The zero-order chi connectivity index (χ0) is 11.1. The molecule has 5 heteroatoms. The minimum absolute atomic E-state index is 0.553. The Kier molecular flexibility index (Phi) is 5.71. The molecule has 15 heavy (non-hydrogen) atoms. The molecule has 0 amide bonds. The summed E-state index contributed by atoms with van der Waals surface area (Å²) >= 11 is 1.74. The maximum Gasteiger partial charge on any atom is 0.183 e. The zero-order valence-electron chi connectivity index (χ0n) is 9.66. The fourth-order valence-electron chi connectivity index (χ4n) is 1.46. The zero-order valence-corrected chi connectivity index (χ0v) is 10.5. The summed E-state index contributed by atoms with van der Waals surface area (Å²) in [6.07, 6.45) is 3.88. The molecule has 0 saturated heterocycles. The van der Waals surface area contributed by atoms with Gasteiger partial charge < -0.3 is 5.32 Å². The molecule has 4 nitrogen and oxygen atoms in total. The summed E-state index contributed by atoms with van der Waals surface area (Å²) in [6.45, 7) is 7.73. The van der Waals surface area contributed by atoms with Gasteiger partial charge >= 0.3 is 0 Å². The molecule has 0 spiro atoms. The van der Waals surface area contributed by atoms with Gasteiger partial charge in [-0.25, -0.2) is 4.98 Å². The van der Waals surface area contributed by atoms with Crippen molar-refractivity contribution in [2.45, 2.75) is 50.1 Å². The quantitative estimate of drug-likeness (QED) is 0.701. The van der Waals surface area contributed by atoms with Crippen LogP contribution in [0.15, 0.2) is 11.5 Å². The second-order valence-electron chi connectivity index (χ2n) is 3.81. The highest BCUT2D eigenvalue weighted by Crippen LogP contribution is 2.21. The maximum absolute atomic E-state index is 4.10. The van der Waals surface area contributed by atoms with E-state index in [0.29, 0.717) is 11.3 Å². The Morgan fingerprint density at radius 1 is 1.53 bits per heavy atom. The first-order chi connectivity index (χ1) is 7.22. The molecule has 0 bridgehead atoms. The smallest absolute Gasteiger partial charge is 0.183 e. The SMILES string of the molecule is CCCNC(C)CC(C)Sc1ncn[nH]1. The fraction of sp³-hybridized carbons (Fsp3) is 0.800. The number of nitrogens with one attached hydrogen (secondary N) is 2. The Morgan fingerprint density at radius 3 is 2.93 bits per heavy atom. The van der Waals surface area contributed by atoms with Crippen LogP contribution in [0.2, 0.25) is 0 Å². The molecule has 2 atom stereocenters. The van der Waals surface area contributed by atoms with E-state index in [0.717, 1.165) is 18.1 Å². The van der Waals surface area contributed by atoms with Crippen LogP contribution >= 0.6 is 11.8 Å². The van der Waals surface area contributed by atoms with Crippen molar-refractivity contribution in [2.24, 2.45) is 0 Å². The molecule has 2 unspecified atom stereocenters. The van der Waals surface area contributed by atoms with Crippen molar-refractivity contribution < 1.29 is 0 Å². The van der Waals surface area contributed by atoms with Gasteiger partial charge in [-0.2, -0.15) is 5.10 Å². The largest absolute Gasteiger partial charge is 0.314 e. The number of H-pyrrole nitrogens is 1. The molecule has 86 valence electrons. The van der Waals surface area contributed by atoms with E-state index in [1.165, 1.54) is 6.42 Å². The van der Waals surface area contributed by atoms with Crippen LogP contribution in [-0.4, -0.2) is 33.0 Å². The van der Waals surface area contributed by atoms with Crippen molar-refractivity contribution in [3.8, 4) is 0 Å². The van der Waals surface area contributed by atoms with Crippen molar-refractivity contribution in [3.05, 3.63) is 6.33 Å². The predicted molar refractivity (Wildman–Crippen MR) is 64.1 cm³/mol. The average Bonchev–Trinajstić information content (AvgIpc) is 2.67. The average molecular weight is 228 g/mol. The second kappa shape index (κ2) is 6.85. The first kappa shape index (κ1) is 12.5. The normalized spacial score (nSPS) is 15.1. The number of hydrogen-bond donors (Lipinski definition) is 2. The summed E-state index contributed by atoms with van der Waals surface area (Å²) in [5, 5.41) is 11.6. The molecule has 1 aromatic heterocycles. The van der Waals surface area contributed by atoms with Crippen molar-refractivity contribution in [3.63, 3.8) is 0 Å². The molecular weight excluding hydrogens is 208 g/mol. The van der Waals surface area contributed by atoms with E-state index < -0.39 is 0 Å². The van der Waals surface area contributed by atoms with Crippen LogP contribution in [-0.2, 0) is 0 Å². The van der Waals surface area contributed by atoms with Crippen molar-refractivity contribution in [1.29, 1.82) is 0 Å². The standard InChI is InChI=1S/C10H20N4S/c1-4-5-11-8(2)6-9(3)15-10-12-7-13-14-10/h7-9,11H,4-6H2,1-3H3,(H,12,13,14). The monoisotopic (exact) mass is 228 g/mol. The van der Waals surface area contributed by atoms with E-state index in [1.807, 2.05) is 0 Å². The first-order valence-electron chi connectivity index (χ1n) is 5.47. The molecule has 0 saturated carbocycles. The number of rotatable bonds is 7. The molecule has 1 rings (SSSR count). The summed E-state index contributed by atoms with van der Waals surface area (Å²) in [5.74, 6) is 0. The van der Waals surface area contributed by atoms with Crippen LogP contribution in [0.25, 0.3) is 0 Å². The minimum atomic E-state index is 0.553. The van der Waals surface area contributed by atoms with E-state index in [-0.39, 0.29) is 0 Å². The predicted octanol–water partition coefficient (Wildman–Crippen LogP) is 2.06. The summed E-state index contributed by atoms with van der Waals surface area (Å²) in [4.78, 5) is 4.10. The van der Waals surface area contributed by atoms with Gasteiger partial charge in [-0.15, -0.1) is 0 Å². The van der Waals surface area contributed by atoms with Crippen molar-refractivity contribution >= 4 is 11.8 Å². The number of hydrogen-bond acceptors (Lipinski definition) is 4. The van der Waals surface area contributed by atoms with E-state index in [9.17, 15) is 0 Å². The molecule has 0 aliphatic heterocycles. The van der Waals surface area contributed by atoms with Crippen LogP contribution < -0.4 is 5.32 Å². The highest BCUT2D eigenvalue weighted by atomic mass is 32.2. The minimum Gasteiger partial charge on any atom is -0.314 e. The third kappa shape index (κ3) is 5.18. The van der Waals surface area contributed by atoms with Gasteiger partial charge in [0.2, 0.25) is 0 Å². The number of aromatic nitrogens is 3. The number of thioether (sulfide) groups is 1. The Balaban J connectivity index is 2.20. The van der Waals surface area contributed by atoms with Crippen LogP contribution in [0, 0.1) is 0 Å². The van der Waals surface area contributed by atoms with Crippen molar-refractivity contribution in [2.75, 3.05) is 6.54 Å². The molecular formula is C10H20N4S. The van der Waals surface area contributed by atoms with Gasteiger partial charge in [0, 0.05) is 11.3 Å². The van der Waals surface area contributed by atoms with Gasteiger partial charge in [-0.05, 0) is 26.3 Å². The van der Waals surface area contributed by atoms with Gasteiger partial charge in [0.15, 0.2) is 5.16 Å². The third-order valence-corrected chi connectivity index (χ3v) is 3.15. The number of aromatic amines is 1. The lowest BCUT2D eigenvalue weighted by Crippen LogP contribution is -2.29. The molecule has 0 radical (unpaired) electrons. The topological polar surface area (TPSA) is 53.6 Å². The van der Waals surface area contributed by atoms with Gasteiger partial charge in [0.1, 0.15) is 6.33 Å². The second-order valence-corrected chi connectivity index (χ2v) is 5.24. The van der Waals surface area contributed by atoms with Gasteiger partial charge in [-0.1, -0.05) is 25.6 Å². The van der Waals surface area contributed by atoms with E-state index in [4.69, 9.17) is 0 Å². The molecule has 0 aliphatic carbocycles. The summed E-state index contributed by atoms with van der Waals surface area (Å²) < 4.78 is 0. The fourth-order valence-corrected chi connectivity index (χ4v) is 2.44.